The molecule has 0 atom stereocenters. The average Bonchev–Trinajstić information content (AvgIpc) is 3.02. The fraction of sp³-hybridized carbons (Fsp3) is 0.350. The van der Waals surface area contributed by atoms with E-state index in [0.717, 1.165) is 53.9 Å². The summed E-state index contributed by atoms with van der Waals surface area (Å²) in [6, 6.07) is 10.0. The molecule has 5 nitrogen and oxygen atoms in total. The maximum atomic E-state index is 12.9. The maximum absolute atomic E-state index is 12.9. The van der Waals surface area contributed by atoms with Gasteiger partial charge in [0.2, 0.25) is 0 Å². The minimum Gasteiger partial charge on any atom is -0.351 e. The van der Waals surface area contributed by atoms with Gasteiger partial charge in [0.05, 0.1) is 0 Å². The third kappa shape index (κ3) is 3.02. The van der Waals surface area contributed by atoms with Crippen molar-refractivity contribution in [1.29, 1.82) is 0 Å². The Labute approximate surface area is 147 Å². The number of likely N-dealkylation sites (tertiary alicyclic amines) is 1. The topological polar surface area (TPSA) is 51.0 Å². The molecule has 0 saturated carbocycles. The van der Waals surface area contributed by atoms with Crippen molar-refractivity contribution in [1.82, 2.24) is 19.4 Å². The predicted octanol–water partition coefficient (Wildman–Crippen LogP) is 3.30. The molecular formula is C20H22N4O. The first-order valence-electron chi connectivity index (χ1n) is 8.76. The fourth-order valence-electron chi connectivity index (χ4n) is 3.66. The molecule has 0 radical (unpaired) electrons. The van der Waals surface area contributed by atoms with Gasteiger partial charge in [0.15, 0.2) is 0 Å². The summed E-state index contributed by atoms with van der Waals surface area (Å²) < 4.78 is 2.05. The summed E-state index contributed by atoms with van der Waals surface area (Å²) in [7, 11) is 2.01. The first-order chi connectivity index (χ1) is 12.1. The van der Waals surface area contributed by atoms with Crippen LogP contribution < -0.4 is 0 Å². The van der Waals surface area contributed by atoms with E-state index in [-0.39, 0.29) is 5.91 Å². The number of piperidine rings is 1. The average molecular weight is 334 g/mol. The lowest BCUT2D eigenvalue weighted by Gasteiger charge is -2.32. The molecule has 0 spiro atoms. The lowest BCUT2D eigenvalue weighted by atomic mass is 9.93. The molecule has 25 heavy (non-hydrogen) atoms. The zero-order valence-electron chi connectivity index (χ0n) is 14.6. The third-order valence-corrected chi connectivity index (χ3v) is 5.13. The number of benzene rings is 1. The van der Waals surface area contributed by atoms with Gasteiger partial charge in [0.1, 0.15) is 5.82 Å². The molecule has 0 aliphatic carbocycles. The molecule has 1 aliphatic heterocycles. The quantitative estimate of drug-likeness (QED) is 0.722. The van der Waals surface area contributed by atoms with Crippen LogP contribution in [0.4, 0.5) is 0 Å². The SMILES string of the molecule is Cc1nccc(C2CCN(C(=O)c3ccc4ccn(C)c4c3)CC2)n1. The van der Waals surface area contributed by atoms with Gasteiger partial charge in [-0.25, -0.2) is 9.97 Å². The highest BCUT2D eigenvalue weighted by molar-refractivity contribution is 5.98. The normalized spacial score (nSPS) is 15.7. The zero-order chi connectivity index (χ0) is 17.4. The van der Waals surface area contributed by atoms with Gasteiger partial charge >= 0.3 is 0 Å². The van der Waals surface area contributed by atoms with Crippen molar-refractivity contribution in [3.63, 3.8) is 0 Å². The van der Waals surface area contributed by atoms with Gasteiger partial charge in [0.25, 0.3) is 5.91 Å². The zero-order valence-corrected chi connectivity index (χ0v) is 14.6. The molecular weight excluding hydrogens is 312 g/mol. The Kier molecular flexibility index (Phi) is 3.99. The Morgan fingerprint density at radius 1 is 1.16 bits per heavy atom. The number of carbonyl (C=O) groups is 1. The van der Waals surface area contributed by atoms with E-state index in [2.05, 4.69) is 20.6 Å². The van der Waals surface area contributed by atoms with E-state index in [4.69, 9.17) is 0 Å². The number of aromatic nitrogens is 3. The molecule has 5 heteroatoms. The van der Waals surface area contributed by atoms with Crippen LogP contribution in [0.1, 0.15) is 40.6 Å². The van der Waals surface area contributed by atoms with Crippen LogP contribution in [0.25, 0.3) is 10.9 Å². The van der Waals surface area contributed by atoms with E-state index in [1.54, 1.807) is 0 Å². The van der Waals surface area contributed by atoms with Gasteiger partial charge in [-0.05, 0) is 49.4 Å². The van der Waals surface area contributed by atoms with Crippen LogP contribution in [0.5, 0.6) is 0 Å². The molecule has 1 amide bonds. The predicted molar refractivity (Wildman–Crippen MR) is 97.6 cm³/mol. The van der Waals surface area contributed by atoms with Crippen LogP contribution in [0.15, 0.2) is 42.7 Å². The lowest BCUT2D eigenvalue weighted by molar-refractivity contribution is 0.0712. The molecule has 3 aromatic rings. The fourth-order valence-corrected chi connectivity index (χ4v) is 3.66. The largest absolute Gasteiger partial charge is 0.351 e. The number of fused-ring (bicyclic) bond motifs is 1. The van der Waals surface area contributed by atoms with Crippen LogP contribution in [0.2, 0.25) is 0 Å². The molecule has 0 N–H and O–H groups in total. The summed E-state index contributed by atoms with van der Waals surface area (Å²) >= 11 is 0. The van der Waals surface area contributed by atoms with Gasteiger partial charge in [0, 0.05) is 55.2 Å². The molecule has 3 heterocycles. The highest BCUT2D eigenvalue weighted by Gasteiger charge is 2.25. The number of amides is 1. The first-order valence-corrected chi connectivity index (χ1v) is 8.76. The Balaban J connectivity index is 1.47. The molecule has 0 bridgehead atoms. The summed E-state index contributed by atoms with van der Waals surface area (Å²) in [5, 5.41) is 1.16. The van der Waals surface area contributed by atoms with E-state index in [9.17, 15) is 4.79 Å². The van der Waals surface area contributed by atoms with Crippen molar-refractivity contribution in [3.05, 3.63) is 59.8 Å². The van der Waals surface area contributed by atoms with Crippen LogP contribution in [-0.2, 0) is 7.05 Å². The standard InChI is InChI=1S/C20H22N4O/c1-14-21-9-5-18(22-14)15-7-11-24(12-8-15)20(25)17-4-3-16-6-10-23(2)19(16)13-17/h3-6,9-10,13,15H,7-8,11-12H2,1-2H3. The minimum absolute atomic E-state index is 0.125. The maximum Gasteiger partial charge on any atom is 0.253 e. The Morgan fingerprint density at radius 3 is 2.72 bits per heavy atom. The molecule has 0 unspecified atom stereocenters. The van der Waals surface area contributed by atoms with Gasteiger partial charge in [-0.3, -0.25) is 4.79 Å². The Bertz CT molecular complexity index is 922. The number of hydrogen-bond acceptors (Lipinski definition) is 3. The van der Waals surface area contributed by atoms with Crippen LogP contribution in [0, 0.1) is 6.92 Å². The van der Waals surface area contributed by atoms with Crippen LogP contribution >= 0.6 is 0 Å². The molecule has 2 aromatic heterocycles. The second-order valence-electron chi connectivity index (χ2n) is 6.80. The summed E-state index contributed by atoms with van der Waals surface area (Å²) in [4.78, 5) is 23.5. The van der Waals surface area contributed by atoms with E-state index in [1.807, 2.05) is 55.5 Å². The number of rotatable bonds is 2. The number of aryl methyl sites for hydroxylation is 2. The van der Waals surface area contributed by atoms with E-state index >= 15 is 0 Å². The van der Waals surface area contributed by atoms with Crippen LogP contribution in [-0.4, -0.2) is 38.4 Å². The Morgan fingerprint density at radius 2 is 1.96 bits per heavy atom. The van der Waals surface area contributed by atoms with E-state index < -0.39 is 0 Å². The minimum atomic E-state index is 0.125. The van der Waals surface area contributed by atoms with Crippen molar-refractivity contribution >= 4 is 16.8 Å². The van der Waals surface area contributed by atoms with Crippen molar-refractivity contribution < 1.29 is 4.79 Å². The lowest BCUT2D eigenvalue weighted by Crippen LogP contribution is -2.38. The van der Waals surface area contributed by atoms with E-state index in [0.29, 0.717) is 5.92 Å². The van der Waals surface area contributed by atoms with Gasteiger partial charge in [-0.1, -0.05) is 6.07 Å². The summed E-state index contributed by atoms with van der Waals surface area (Å²) in [6.45, 7) is 3.47. The smallest absolute Gasteiger partial charge is 0.253 e. The summed E-state index contributed by atoms with van der Waals surface area (Å²) in [5.74, 6) is 1.35. The van der Waals surface area contributed by atoms with Crippen molar-refractivity contribution in [2.45, 2.75) is 25.7 Å². The van der Waals surface area contributed by atoms with Crippen molar-refractivity contribution in [2.24, 2.45) is 7.05 Å². The van der Waals surface area contributed by atoms with E-state index in [1.165, 1.54) is 0 Å². The van der Waals surface area contributed by atoms with Crippen LogP contribution in [0.3, 0.4) is 0 Å². The first kappa shape index (κ1) is 15.8. The number of nitrogens with zero attached hydrogens (tertiary/aromatic N) is 4. The second kappa shape index (κ2) is 6.31. The number of hydrogen-bond donors (Lipinski definition) is 0. The molecule has 1 aromatic carbocycles. The molecule has 4 rings (SSSR count). The van der Waals surface area contributed by atoms with Gasteiger partial charge in [-0.2, -0.15) is 0 Å². The highest BCUT2D eigenvalue weighted by atomic mass is 16.2. The number of carbonyl (C=O) groups excluding carboxylic acids is 1. The highest BCUT2D eigenvalue weighted by Crippen LogP contribution is 2.27. The molecule has 1 saturated heterocycles. The molecule has 1 aliphatic rings. The summed E-state index contributed by atoms with van der Waals surface area (Å²) in [5.41, 5.74) is 2.97. The molecule has 128 valence electrons. The van der Waals surface area contributed by atoms with Crippen molar-refractivity contribution in [2.75, 3.05) is 13.1 Å². The van der Waals surface area contributed by atoms with Gasteiger partial charge in [-0.15, -0.1) is 0 Å². The monoisotopic (exact) mass is 334 g/mol. The van der Waals surface area contributed by atoms with Crippen molar-refractivity contribution in [3.8, 4) is 0 Å². The summed E-state index contributed by atoms with van der Waals surface area (Å²) in [6.07, 6.45) is 5.75. The Hall–Kier alpha value is -2.69. The second-order valence-corrected chi connectivity index (χ2v) is 6.80. The van der Waals surface area contributed by atoms with Gasteiger partial charge < -0.3 is 9.47 Å². The third-order valence-electron chi connectivity index (χ3n) is 5.13. The molecule has 1 fully saturated rings.